The molecule has 1 aromatic carbocycles. The average molecular weight is 519 g/mol. The number of sulfonamides is 1. The summed E-state index contributed by atoms with van der Waals surface area (Å²) in [4.78, 5) is 25.2. The minimum absolute atomic E-state index is 0.0981. The molecular weight excluding hydrogens is 500 g/mol. The zero-order valence-corrected chi connectivity index (χ0v) is 20.3. The number of anilines is 1. The number of nitrogens with zero attached hydrogens (tertiary/aromatic N) is 7. The van der Waals surface area contributed by atoms with Crippen molar-refractivity contribution < 1.29 is 23.0 Å². The summed E-state index contributed by atoms with van der Waals surface area (Å²) in [5, 5.41) is 10.4. The third kappa shape index (κ3) is 4.50. The average Bonchev–Trinajstić information content (AvgIpc) is 3.27. The topological polar surface area (TPSA) is 167 Å². The number of aromatic nitrogens is 6. The van der Waals surface area contributed by atoms with Crippen LogP contribution in [-0.4, -0.2) is 62.6 Å². The Morgan fingerprint density at radius 3 is 2.70 bits per heavy atom. The Morgan fingerprint density at radius 1 is 1.14 bits per heavy atom. The molecule has 186 valence electrons. The fourth-order valence-electron chi connectivity index (χ4n) is 3.44. The number of imidazole rings is 1. The zero-order valence-electron chi connectivity index (χ0n) is 19.4. The molecule has 0 fully saturated rings. The minimum Gasteiger partial charge on any atom is -0.506 e. The lowest BCUT2D eigenvalue weighted by molar-refractivity contribution is 0.330. The maximum Gasteiger partial charge on any atom is 0.298 e. The second kappa shape index (κ2) is 9.55. The highest BCUT2D eigenvalue weighted by Gasteiger charge is 2.25. The SMILES string of the molecule is CCOC1=NC(c2nc3ncc(NS(=O)(=O)c4ncccn4)nc3n2-c2c(O)cccc2OC)=C=C=C1. The van der Waals surface area contributed by atoms with Crippen molar-refractivity contribution in [3.8, 4) is 17.2 Å². The van der Waals surface area contributed by atoms with Crippen molar-refractivity contribution in [2.45, 2.75) is 12.1 Å². The Hall–Kier alpha value is -5.03. The Bertz CT molecular complexity index is 1750. The Morgan fingerprint density at radius 2 is 1.95 bits per heavy atom. The van der Waals surface area contributed by atoms with Gasteiger partial charge in [-0.15, -0.1) is 0 Å². The number of benzene rings is 1. The first-order valence-electron chi connectivity index (χ1n) is 10.8. The summed E-state index contributed by atoms with van der Waals surface area (Å²) < 4.78 is 40.2. The van der Waals surface area contributed by atoms with E-state index in [1.165, 1.54) is 48.5 Å². The lowest BCUT2D eigenvalue weighted by Gasteiger charge is -2.14. The monoisotopic (exact) mass is 518 g/mol. The molecule has 0 amide bonds. The number of phenolic OH excluding ortho intramolecular Hbond substituents is 1. The number of hydrogen-bond donors (Lipinski definition) is 2. The second-order valence-electron chi connectivity index (χ2n) is 7.28. The molecule has 5 rings (SSSR count). The minimum atomic E-state index is -4.16. The van der Waals surface area contributed by atoms with Crippen LogP contribution in [0.15, 0.2) is 70.5 Å². The number of aliphatic imine (C=N–C) groups is 1. The van der Waals surface area contributed by atoms with Gasteiger partial charge < -0.3 is 14.6 Å². The summed E-state index contributed by atoms with van der Waals surface area (Å²) in [6, 6.07) is 6.19. The maximum atomic E-state index is 12.8. The van der Waals surface area contributed by atoms with Gasteiger partial charge in [-0.1, -0.05) is 11.8 Å². The molecular formula is C23H18N8O5S. The van der Waals surface area contributed by atoms with Crippen LogP contribution in [0.4, 0.5) is 5.82 Å². The molecule has 2 N–H and O–H groups in total. The van der Waals surface area contributed by atoms with Gasteiger partial charge in [0, 0.05) is 12.4 Å². The van der Waals surface area contributed by atoms with E-state index in [9.17, 15) is 13.5 Å². The number of ether oxygens (including phenoxy) is 2. The number of para-hydroxylation sites is 1. The molecule has 13 nitrogen and oxygen atoms in total. The van der Waals surface area contributed by atoms with Crippen LogP contribution in [0.1, 0.15) is 12.7 Å². The van der Waals surface area contributed by atoms with E-state index in [-0.39, 0.29) is 51.7 Å². The van der Waals surface area contributed by atoms with Crippen LogP contribution < -0.4 is 9.46 Å². The van der Waals surface area contributed by atoms with E-state index in [0.717, 1.165) is 0 Å². The molecule has 37 heavy (non-hydrogen) atoms. The first kappa shape index (κ1) is 23.7. The van der Waals surface area contributed by atoms with E-state index in [4.69, 9.17) is 9.47 Å². The number of aromatic hydroxyl groups is 1. The lowest BCUT2D eigenvalue weighted by atomic mass is 10.2. The van der Waals surface area contributed by atoms with Crippen molar-refractivity contribution in [3.63, 3.8) is 0 Å². The number of nitrogens with one attached hydrogen (secondary N) is 1. The second-order valence-corrected chi connectivity index (χ2v) is 8.86. The highest BCUT2D eigenvalue weighted by atomic mass is 32.2. The van der Waals surface area contributed by atoms with Crippen LogP contribution in [0.5, 0.6) is 11.5 Å². The van der Waals surface area contributed by atoms with Gasteiger partial charge in [-0.05, 0) is 30.9 Å². The normalized spacial score (nSPS) is 12.8. The molecule has 3 aromatic heterocycles. The molecule has 4 aromatic rings. The van der Waals surface area contributed by atoms with Gasteiger partial charge in [0.2, 0.25) is 5.90 Å². The molecule has 0 unspecified atom stereocenters. The maximum absolute atomic E-state index is 12.8. The molecule has 1 aliphatic heterocycles. The van der Waals surface area contributed by atoms with E-state index >= 15 is 0 Å². The van der Waals surface area contributed by atoms with Gasteiger partial charge in [0.15, 0.2) is 28.6 Å². The van der Waals surface area contributed by atoms with Crippen molar-refractivity contribution in [1.82, 2.24) is 29.5 Å². The molecule has 0 saturated heterocycles. The third-order valence-corrected chi connectivity index (χ3v) is 6.10. The molecule has 0 spiro atoms. The van der Waals surface area contributed by atoms with Gasteiger partial charge in [0.1, 0.15) is 17.2 Å². The number of methoxy groups -OCH3 is 1. The predicted molar refractivity (Wildman–Crippen MR) is 132 cm³/mol. The largest absolute Gasteiger partial charge is 0.506 e. The molecule has 4 heterocycles. The van der Waals surface area contributed by atoms with Crippen molar-refractivity contribution in [2.75, 3.05) is 18.4 Å². The summed E-state index contributed by atoms with van der Waals surface area (Å²) in [5.41, 5.74) is 6.35. The number of hydrogen-bond acceptors (Lipinski definition) is 11. The molecule has 0 bridgehead atoms. The van der Waals surface area contributed by atoms with Crippen LogP contribution in [0, 0.1) is 0 Å². The summed E-state index contributed by atoms with van der Waals surface area (Å²) in [5.74, 6) is 0.468. The van der Waals surface area contributed by atoms with Crippen molar-refractivity contribution in [3.05, 3.63) is 66.2 Å². The highest BCUT2D eigenvalue weighted by molar-refractivity contribution is 7.92. The van der Waals surface area contributed by atoms with Crippen molar-refractivity contribution >= 4 is 38.7 Å². The Balaban J connectivity index is 1.73. The Kier molecular flexibility index (Phi) is 6.12. The smallest absolute Gasteiger partial charge is 0.298 e. The number of fused-ring (bicyclic) bond motifs is 1. The summed E-state index contributed by atoms with van der Waals surface area (Å²) in [6.45, 7) is 2.20. The van der Waals surface area contributed by atoms with E-state index < -0.39 is 15.2 Å². The van der Waals surface area contributed by atoms with Crippen LogP contribution in [0.3, 0.4) is 0 Å². The quantitative estimate of drug-likeness (QED) is 0.273. The number of phenols is 1. The van der Waals surface area contributed by atoms with Gasteiger partial charge >= 0.3 is 0 Å². The van der Waals surface area contributed by atoms with Crippen LogP contribution in [-0.2, 0) is 14.8 Å². The van der Waals surface area contributed by atoms with Crippen molar-refractivity contribution in [2.24, 2.45) is 4.99 Å². The van der Waals surface area contributed by atoms with E-state index in [0.29, 0.717) is 6.61 Å². The van der Waals surface area contributed by atoms with Crippen molar-refractivity contribution in [1.29, 1.82) is 0 Å². The molecule has 1 aliphatic rings. The van der Waals surface area contributed by atoms with Gasteiger partial charge in [0.05, 0.1) is 26.0 Å². The first-order chi connectivity index (χ1) is 17.9. The summed E-state index contributed by atoms with van der Waals surface area (Å²) >= 11 is 0. The van der Waals surface area contributed by atoms with E-state index in [1.807, 2.05) is 6.92 Å². The fourth-order valence-corrected chi connectivity index (χ4v) is 4.31. The predicted octanol–water partition coefficient (Wildman–Crippen LogP) is 2.22. The third-order valence-electron chi connectivity index (χ3n) is 4.93. The number of rotatable bonds is 7. The van der Waals surface area contributed by atoms with Crippen LogP contribution in [0.25, 0.3) is 22.7 Å². The van der Waals surface area contributed by atoms with Gasteiger partial charge in [-0.3, -0.25) is 9.29 Å². The van der Waals surface area contributed by atoms with Gasteiger partial charge in [-0.2, -0.15) is 8.42 Å². The van der Waals surface area contributed by atoms with Gasteiger partial charge in [-0.25, -0.2) is 29.9 Å². The van der Waals surface area contributed by atoms with Crippen LogP contribution >= 0.6 is 0 Å². The molecule has 0 saturated carbocycles. The van der Waals surface area contributed by atoms with Crippen LogP contribution in [0.2, 0.25) is 0 Å². The Labute approximate surface area is 210 Å². The fraction of sp³-hybridized carbons (Fsp3) is 0.130. The van der Waals surface area contributed by atoms with E-state index in [1.54, 1.807) is 12.1 Å². The van der Waals surface area contributed by atoms with E-state index in [2.05, 4.69) is 46.1 Å². The molecule has 0 atom stereocenters. The standard InChI is InChI=1S/C23H18N8O5S/c1-3-36-18-10-4-7-14(27-18)21-29-20-22(31(21)19-15(32)8-5-9-16(19)35-2)28-17(13-26-20)30-37(33,34)23-24-11-6-12-25-23/h5-6,8-13,32H,3H2,1-2H3,(H,28,30). The molecule has 0 aliphatic carbocycles. The molecule has 14 heteroatoms. The van der Waals surface area contributed by atoms with Gasteiger partial charge in [0.25, 0.3) is 15.2 Å². The lowest BCUT2D eigenvalue weighted by Crippen LogP contribution is -2.17. The summed E-state index contributed by atoms with van der Waals surface area (Å²) in [6.07, 6.45) is 5.33. The summed E-state index contributed by atoms with van der Waals surface area (Å²) in [7, 11) is -2.72. The highest BCUT2D eigenvalue weighted by Crippen LogP contribution is 2.36. The first-order valence-corrected chi connectivity index (χ1v) is 12.2. The molecule has 0 radical (unpaired) electrons. The zero-order chi connectivity index (χ0) is 26.0.